The van der Waals surface area contributed by atoms with Gasteiger partial charge < -0.3 is 20.7 Å². The largest absolute Gasteiger partial charge is 0.439 e. The number of anilines is 2. The molecule has 0 fully saturated rings. The molecule has 0 saturated heterocycles. The van der Waals surface area contributed by atoms with E-state index in [2.05, 4.69) is 20.9 Å². The number of rotatable bonds is 7. The van der Waals surface area contributed by atoms with Crippen molar-refractivity contribution in [2.75, 3.05) is 10.6 Å². The second-order valence-electron chi connectivity index (χ2n) is 6.77. The third kappa shape index (κ3) is 6.27. The van der Waals surface area contributed by atoms with Crippen molar-refractivity contribution in [1.29, 1.82) is 0 Å². The van der Waals surface area contributed by atoms with Crippen molar-refractivity contribution in [3.63, 3.8) is 0 Å². The van der Waals surface area contributed by atoms with Gasteiger partial charge >= 0.3 is 6.03 Å². The lowest BCUT2D eigenvalue weighted by atomic mass is 10.1. The van der Waals surface area contributed by atoms with Gasteiger partial charge in [-0.15, -0.1) is 0 Å². The fourth-order valence-corrected chi connectivity index (χ4v) is 2.72. The predicted octanol–water partition coefficient (Wildman–Crippen LogP) is 4.99. The number of urea groups is 1. The van der Waals surface area contributed by atoms with Gasteiger partial charge in [-0.05, 0) is 42.8 Å². The van der Waals surface area contributed by atoms with E-state index in [1.807, 2.05) is 13.0 Å². The summed E-state index contributed by atoms with van der Waals surface area (Å²) in [5.41, 5.74) is 2.66. The number of benzene rings is 2. The summed E-state index contributed by atoms with van der Waals surface area (Å²) in [5.74, 6) is 0.0571. The SMILES string of the molecule is CCC(=O)Nc1ccc(C)c(NC(=O)NCc2cccnc2Oc2cccc(F)c2)c1. The normalized spacial score (nSPS) is 10.3. The second kappa shape index (κ2) is 10.2. The Morgan fingerprint density at radius 1 is 1.06 bits per heavy atom. The van der Waals surface area contributed by atoms with Crippen LogP contribution < -0.4 is 20.7 Å². The maximum atomic E-state index is 13.4. The highest BCUT2D eigenvalue weighted by atomic mass is 19.1. The lowest BCUT2D eigenvalue weighted by Gasteiger charge is -2.13. The Labute approximate surface area is 179 Å². The molecule has 1 heterocycles. The average Bonchev–Trinajstić information content (AvgIpc) is 2.75. The Kier molecular flexibility index (Phi) is 7.16. The van der Waals surface area contributed by atoms with Crippen molar-refractivity contribution in [2.24, 2.45) is 0 Å². The van der Waals surface area contributed by atoms with E-state index < -0.39 is 11.8 Å². The van der Waals surface area contributed by atoms with Crippen LogP contribution in [0.1, 0.15) is 24.5 Å². The van der Waals surface area contributed by atoms with Crippen molar-refractivity contribution in [1.82, 2.24) is 10.3 Å². The zero-order valence-electron chi connectivity index (χ0n) is 17.2. The van der Waals surface area contributed by atoms with E-state index in [9.17, 15) is 14.0 Å². The summed E-state index contributed by atoms with van der Waals surface area (Å²) in [5, 5.41) is 8.29. The molecule has 0 radical (unpaired) electrons. The first-order valence-electron chi connectivity index (χ1n) is 9.77. The molecule has 160 valence electrons. The van der Waals surface area contributed by atoms with Crippen LogP contribution in [0.4, 0.5) is 20.6 Å². The Morgan fingerprint density at radius 3 is 2.68 bits per heavy atom. The van der Waals surface area contributed by atoms with E-state index in [0.29, 0.717) is 29.1 Å². The lowest BCUT2D eigenvalue weighted by Crippen LogP contribution is -2.28. The standard InChI is InChI=1S/C23H23FN4O3/c1-3-21(29)27-18-10-9-15(2)20(13-18)28-23(30)26-14-16-6-5-11-25-22(16)31-19-8-4-7-17(24)12-19/h4-13H,3,14H2,1-2H3,(H,27,29)(H2,26,28,30). The lowest BCUT2D eigenvalue weighted by molar-refractivity contribution is -0.115. The molecule has 0 aliphatic heterocycles. The summed E-state index contributed by atoms with van der Waals surface area (Å²) in [4.78, 5) is 28.2. The third-order valence-electron chi connectivity index (χ3n) is 4.39. The molecule has 0 atom stereocenters. The zero-order chi connectivity index (χ0) is 22.2. The summed E-state index contributed by atoms with van der Waals surface area (Å²) in [6.45, 7) is 3.77. The molecule has 3 N–H and O–H groups in total. The number of carbonyl (C=O) groups excluding carboxylic acids is 2. The van der Waals surface area contributed by atoms with Crippen LogP contribution in [0.25, 0.3) is 0 Å². The molecule has 3 rings (SSSR count). The molecular formula is C23H23FN4O3. The maximum absolute atomic E-state index is 13.4. The van der Waals surface area contributed by atoms with Crippen LogP contribution in [0.2, 0.25) is 0 Å². The Morgan fingerprint density at radius 2 is 1.90 bits per heavy atom. The average molecular weight is 422 g/mol. The molecule has 8 heteroatoms. The van der Waals surface area contributed by atoms with Gasteiger partial charge in [-0.25, -0.2) is 14.2 Å². The van der Waals surface area contributed by atoms with Crippen molar-refractivity contribution >= 4 is 23.3 Å². The van der Waals surface area contributed by atoms with E-state index in [-0.39, 0.29) is 18.3 Å². The van der Waals surface area contributed by atoms with Gasteiger partial charge in [0.2, 0.25) is 11.8 Å². The molecule has 0 saturated carbocycles. The third-order valence-corrected chi connectivity index (χ3v) is 4.39. The van der Waals surface area contributed by atoms with Gasteiger partial charge in [-0.2, -0.15) is 0 Å². The topological polar surface area (TPSA) is 92.4 Å². The summed E-state index contributed by atoms with van der Waals surface area (Å²) in [7, 11) is 0. The van der Waals surface area contributed by atoms with Crippen molar-refractivity contribution in [3.05, 3.63) is 77.7 Å². The van der Waals surface area contributed by atoms with Gasteiger partial charge in [0.25, 0.3) is 0 Å². The van der Waals surface area contributed by atoms with Gasteiger partial charge in [0.05, 0.1) is 0 Å². The van der Waals surface area contributed by atoms with Gasteiger partial charge in [0.1, 0.15) is 11.6 Å². The van der Waals surface area contributed by atoms with E-state index in [0.717, 1.165) is 5.56 Å². The quantitative estimate of drug-likeness (QED) is 0.500. The highest BCUT2D eigenvalue weighted by Gasteiger charge is 2.10. The molecule has 31 heavy (non-hydrogen) atoms. The fraction of sp³-hybridized carbons (Fsp3) is 0.174. The number of pyridine rings is 1. The minimum absolute atomic E-state index is 0.110. The molecule has 3 amide bonds. The summed E-state index contributed by atoms with van der Waals surface area (Å²) in [6.07, 6.45) is 1.92. The molecule has 0 spiro atoms. The summed E-state index contributed by atoms with van der Waals surface area (Å²) < 4.78 is 19.1. The number of hydrogen-bond acceptors (Lipinski definition) is 4. The van der Waals surface area contributed by atoms with Crippen molar-refractivity contribution in [2.45, 2.75) is 26.8 Å². The predicted molar refractivity (Wildman–Crippen MR) is 117 cm³/mol. The zero-order valence-corrected chi connectivity index (χ0v) is 17.2. The number of nitrogens with one attached hydrogen (secondary N) is 3. The first-order valence-corrected chi connectivity index (χ1v) is 9.77. The van der Waals surface area contributed by atoms with Gasteiger partial charge in [0.15, 0.2) is 0 Å². The molecule has 0 unspecified atom stereocenters. The van der Waals surface area contributed by atoms with Crippen LogP contribution in [0, 0.1) is 12.7 Å². The van der Waals surface area contributed by atoms with Gasteiger partial charge in [0, 0.05) is 42.2 Å². The van der Waals surface area contributed by atoms with E-state index in [1.54, 1.807) is 49.5 Å². The maximum Gasteiger partial charge on any atom is 0.319 e. The smallest absolute Gasteiger partial charge is 0.319 e. The number of aromatic nitrogens is 1. The number of halogens is 1. The highest BCUT2D eigenvalue weighted by molar-refractivity contribution is 5.94. The van der Waals surface area contributed by atoms with Crippen LogP contribution in [0.3, 0.4) is 0 Å². The number of hydrogen-bond donors (Lipinski definition) is 3. The molecule has 0 aliphatic carbocycles. The van der Waals surface area contributed by atoms with Crippen LogP contribution in [-0.2, 0) is 11.3 Å². The van der Waals surface area contributed by atoms with Crippen LogP contribution in [0.15, 0.2) is 60.8 Å². The number of carbonyl (C=O) groups is 2. The van der Waals surface area contributed by atoms with Crippen LogP contribution in [-0.4, -0.2) is 16.9 Å². The molecule has 2 aromatic carbocycles. The first-order chi connectivity index (χ1) is 14.9. The van der Waals surface area contributed by atoms with E-state index in [4.69, 9.17) is 4.74 Å². The minimum atomic E-state index is -0.428. The number of amides is 3. The van der Waals surface area contributed by atoms with Crippen LogP contribution in [0.5, 0.6) is 11.6 Å². The number of ether oxygens (including phenoxy) is 1. The van der Waals surface area contributed by atoms with Gasteiger partial charge in [-0.3, -0.25) is 4.79 Å². The Hall–Kier alpha value is -3.94. The van der Waals surface area contributed by atoms with E-state index in [1.165, 1.54) is 12.1 Å². The first kappa shape index (κ1) is 21.8. The number of nitrogens with zero attached hydrogens (tertiary/aromatic N) is 1. The van der Waals surface area contributed by atoms with Crippen molar-refractivity contribution in [3.8, 4) is 11.6 Å². The monoisotopic (exact) mass is 422 g/mol. The Balaban J connectivity index is 1.64. The summed E-state index contributed by atoms with van der Waals surface area (Å²) in [6, 6.07) is 14.1. The molecule has 1 aromatic heterocycles. The van der Waals surface area contributed by atoms with Gasteiger partial charge in [-0.1, -0.05) is 25.1 Å². The summed E-state index contributed by atoms with van der Waals surface area (Å²) >= 11 is 0. The fourth-order valence-electron chi connectivity index (χ4n) is 2.72. The minimum Gasteiger partial charge on any atom is -0.439 e. The highest BCUT2D eigenvalue weighted by Crippen LogP contribution is 2.24. The van der Waals surface area contributed by atoms with Crippen molar-refractivity contribution < 1.29 is 18.7 Å². The molecule has 0 aliphatic rings. The molecular weight excluding hydrogens is 399 g/mol. The molecule has 3 aromatic rings. The second-order valence-corrected chi connectivity index (χ2v) is 6.77. The van der Waals surface area contributed by atoms with Crippen LogP contribution >= 0.6 is 0 Å². The molecule has 7 nitrogen and oxygen atoms in total. The molecule has 0 bridgehead atoms. The Bertz CT molecular complexity index is 1090. The number of aryl methyl sites for hydroxylation is 1. The van der Waals surface area contributed by atoms with E-state index >= 15 is 0 Å².